The molecular weight excluding hydrogens is 436 g/mol. The minimum absolute atomic E-state index is 0.000774. The number of piperidine rings is 1. The van der Waals surface area contributed by atoms with E-state index in [0.29, 0.717) is 16.7 Å². The zero-order valence-corrected chi connectivity index (χ0v) is 18.0. The van der Waals surface area contributed by atoms with Gasteiger partial charge in [-0.3, -0.25) is 24.5 Å². The number of carbonyl (C=O) groups excluding carboxylic acids is 4. The molecule has 2 aliphatic heterocycles. The predicted octanol–water partition coefficient (Wildman–Crippen LogP) is 2.28. The number of hydrogen-bond donors (Lipinski definition) is 2. The molecule has 172 valence electrons. The molecule has 2 N–H and O–H groups in total. The predicted molar refractivity (Wildman–Crippen MR) is 113 cm³/mol. The van der Waals surface area contributed by atoms with Crippen LogP contribution in [-0.2, 0) is 27.3 Å². The van der Waals surface area contributed by atoms with Crippen molar-refractivity contribution in [3.63, 3.8) is 0 Å². The number of carbonyl (C=O) groups is 4. The van der Waals surface area contributed by atoms with Crippen LogP contribution in [0.4, 0.5) is 14.5 Å². The highest BCUT2D eigenvalue weighted by Crippen LogP contribution is 2.34. The van der Waals surface area contributed by atoms with E-state index in [4.69, 9.17) is 4.74 Å². The first kappa shape index (κ1) is 22.4. The molecular formula is C23H21F2N3O5. The van der Waals surface area contributed by atoms with Crippen molar-refractivity contribution < 1.29 is 32.7 Å². The Morgan fingerprint density at radius 1 is 1.21 bits per heavy atom. The maximum absolute atomic E-state index is 14.7. The van der Waals surface area contributed by atoms with Crippen molar-refractivity contribution in [2.45, 2.75) is 38.8 Å². The molecule has 2 aromatic rings. The highest BCUT2D eigenvalue weighted by molar-refractivity contribution is 6.05. The fraction of sp³-hybridized carbons (Fsp3) is 0.304. The Morgan fingerprint density at radius 2 is 1.97 bits per heavy atom. The molecule has 0 radical (unpaired) electrons. The Labute approximate surface area is 187 Å². The summed E-state index contributed by atoms with van der Waals surface area (Å²) in [4.78, 5) is 49.2. The molecule has 0 aliphatic carbocycles. The third kappa shape index (κ3) is 4.15. The Balaban J connectivity index is 1.60. The first-order valence-electron chi connectivity index (χ1n) is 10.3. The van der Waals surface area contributed by atoms with Crippen molar-refractivity contribution in [2.24, 2.45) is 0 Å². The van der Waals surface area contributed by atoms with Gasteiger partial charge in [-0.15, -0.1) is 0 Å². The molecule has 0 bridgehead atoms. The van der Waals surface area contributed by atoms with Crippen LogP contribution in [0.25, 0.3) is 0 Å². The summed E-state index contributed by atoms with van der Waals surface area (Å²) in [6.07, 6.45) is 0.402. The number of imide groups is 1. The van der Waals surface area contributed by atoms with E-state index in [0.717, 1.165) is 0 Å². The standard InChI is InChI=1S/C23H21F2N3O5/c1-11(29)26-16-9-13(19(24)20(25)21(16)33-2)7-12-3-4-15-14(8-12)10-28(23(15)32)17-5-6-18(30)27-22(17)31/h3-4,8-9,17H,5-7,10H2,1-2H3,(H,26,29)(H,27,30,31). The van der Waals surface area contributed by atoms with E-state index in [-0.39, 0.29) is 48.9 Å². The molecule has 2 aliphatic rings. The fourth-order valence-electron chi connectivity index (χ4n) is 4.23. The summed E-state index contributed by atoms with van der Waals surface area (Å²) in [7, 11) is 1.18. The number of amides is 4. The van der Waals surface area contributed by atoms with Gasteiger partial charge in [0.1, 0.15) is 6.04 Å². The van der Waals surface area contributed by atoms with Crippen molar-refractivity contribution in [3.8, 4) is 5.75 Å². The zero-order chi connectivity index (χ0) is 23.9. The van der Waals surface area contributed by atoms with Gasteiger partial charge in [-0.1, -0.05) is 12.1 Å². The molecule has 2 aromatic carbocycles. The summed E-state index contributed by atoms with van der Waals surface area (Å²) in [5.74, 6) is -4.35. The van der Waals surface area contributed by atoms with Gasteiger partial charge < -0.3 is 15.0 Å². The second-order valence-electron chi connectivity index (χ2n) is 7.99. The first-order chi connectivity index (χ1) is 15.7. The molecule has 0 saturated carbocycles. The van der Waals surface area contributed by atoms with Crippen LogP contribution in [0.1, 0.15) is 46.8 Å². The van der Waals surface area contributed by atoms with Crippen LogP contribution in [0, 0.1) is 11.6 Å². The molecule has 0 spiro atoms. The number of anilines is 1. The molecule has 2 heterocycles. The number of fused-ring (bicyclic) bond motifs is 1. The van der Waals surface area contributed by atoms with Crippen LogP contribution in [0.5, 0.6) is 5.75 Å². The van der Waals surface area contributed by atoms with Gasteiger partial charge >= 0.3 is 0 Å². The van der Waals surface area contributed by atoms with Gasteiger partial charge in [0.05, 0.1) is 12.8 Å². The second-order valence-corrected chi connectivity index (χ2v) is 7.99. The molecule has 1 fully saturated rings. The van der Waals surface area contributed by atoms with Crippen molar-refractivity contribution in [1.82, 2.24) is 10.2 Å². The molecule has 8 nitrogen and oxygen atoms in total. The summed E-state index contributed by atoms with van der Waals surface area (Å²) < 4.78 is 34.1. The maximum atomic E-state index is 14.7. The molecule has 1 atom stereocenters. The van der Waals surface area contributed by atoms with Crippen molar-refractivity contribution in [1.29, 1.82) is 0 Å². The van der Waals surface area contributed by atoms with Crippen molar-refractivity contribution in [2.75, 3.05) is 12.4 Å². The van der Waals surface area contributed by atoms with Gasteiger partial charge in [0.2, 0.25) is 23.5 Å². The fourth-order valence-corrected chi connectivity index (χ4v) is 4.23. The van der Waals surface area contributed by atoms with E-state index in [1.165, 1.54) is 25.0 Å². The minimum atomic E-state index is -1.21. The lowest BCUT2D eigenvalue weighted by atomic mass is 9.99. The Bertz CT molecular complexity index is 1200. The lowest BCUT2D eigenvalue weighted by Crippen LogP contribution is -2.52. The highest BCUT2D eigenvalue weighted by atomic mass is 19.2. The molecule has 33 heavy (non-hydrogen) atoms. The average molecular weight is 457 g/mol. The van der Waals surface area contributed by atoms with Crippen LogP contribution in [0.3, 0.4) is 0 Å². The van der Waals surface area contributed by atoms with Gasteiger partial charge in [0, 0.05) is 31.9 Å². The Morgan fingerprint density at radius 3 is 2.64 bits per heavy atom. The zero-order valence-electron chi connectivity index (χ0n) is 18.0. The molecule has 4 amide bonds. The van der Waals surface area contributed by atoms with Crippen LogP contribution in [-0.4, -0.2) is 41.7 Å². The summed E-state index contributed by atoms with van der Waals surface area (Å²) in [5.41, 5.74) is 1.70. The number of benzene rings is 2. The quantitative estimate of drug-likeness (QED) is 0.671. The van der Waals surface area contributed by atoms with Gasteiger partial charge in [-0.25, -0.2) is 4.39 Å². The minimum Gasteiger partial charge on any atom is -0.491 e. The normalized spacial score (nSPS) is 17.6. The monoisotopic (exact) mass is 457 g/mol. The van der Waals surface area contributed by atoms with E-state index < -0.39 is 35.2 Å². The molecule has 10 heteroatoms. The number of hydrogen-bond acceptors (Lipinski definition) is 5. The third-order valence-electron chi connectivity index (χ3n) is 5.73. The smallest absolute Gasteiger partial charge is 0.255 e. The summed E-state index contributed by atoms with van der Waals surface area (Å²) in [5, 5.41) is 4.68. The lowest BCUT2D eigenvalue weighted by Gasteiger charge is -2.29. The van der Waals surface area contributed by atoms with E-state index in [1.54, 1.807) is 18.2 Å². The van der Waals surface area contributed by atoms with E-state index >= 15 is 0 Å². The Kier molecular flexibility index (Phi) is 5.84. The van der Waals surface area contributed by atoms with Crippen LogP contribution in [0.2, 0.25) is 0 Å². The van der Waals surface area contributed by atoms with E-state index in [2.05, 4.69) is 10.6 Å². The second kappa shape index (κ2) is 8.61. The number of nitrogens with one attached hydrogen (secondary N) is 2. The number of ether oxygens (including phenoxy) is 1. The Hall–Kier alpha value is -3.82. The average Bonchev–Trinajstić information content (AvgIpc) is 3.07. The van der Waals surface area contributed by atoms with Crippen LogP contribution in [0.15, 0.2) is 24.3 Å². The summed E-state index contributed by atoms with van der Waals surface area (Å²) in [6.45, 7) is 1.41. The number of rotatable bonds is 5. The maximum Gasteiger partial charge on any atom is 0.255 e. The first-order valence-corrected chi connectivity index (χ1v) is 10.3. The number of halogens is 2. The van der Waals surface area contributed by atoms with Crippen molar-refractivity contribution in [3.05, 3.63) is 58.2 Å². The van der Waals surface area contributed by atoms with Gasteiger partial charge in [0.25, 0.3) is 5.91 Å². The van der Waals surface area contributed by atoms with Crippen molar-refractivity contribution >= 4 is 29.3 Å². The molecule has 4 rings (SSSR count). The molecule has 1 saturated heterocycles. The lowest BCUT2D eigenvalue weighted by molar-refractivity contribution is -0.137. The highest BCUT2D eigenvalue weighted by Gasteiger charge is 2.39. The van der Waals surface area contributed by atoms with E-state index in [9.17, 15) is 28.0 Å². The van der Waals surface area contributed by atoms with Crippen LogP contribution >= 0.6 is 0 Å². The number of methoxy groups -OCH3 is 1. The van der Waals surface area contributed by atoms with Gasteiger partial charge in [-0.2, -0.15) is 4.39 Å². The molecule has 0 aromatic heterocycles. The number of nitrogens with zero attached hydrogens (tertiary/aromatic N) is 1. The topological polar surface area (TPSA) is 105 Å². The summed E-state index contributed by atoms with van der Waals surface area (Å²) >= 11 is 0. The van der Waals surface area contributed by atoms with Gasteiger partial charge in [-0.05, 0) is 35.2 Å². The summed E-state index contributed by atoms with van der Waals surface area (Å²) in [6, 6.07) is 5.50. The van der Waals surface area contributed by atoms with Crippen LogP contribution < -0.4 is 15.4 Å². The SMILES string of the molecule is COc1c(NC(C)=O)cc(Cc2ccc3c(c2)CN(C2CCC(=O)NC2=O)C3=O)c(F)c1F. The molecule has 1 unspecified atom stereocenters. The largest absolute Gasteiger partial charge is 0.491 e. The van der Waals surface area contributed by atoms with E-state index in [1.807, 2.05) is 0 Å². The van der Waals surface area contributed by atoms with Gasteiger partial charge in [0.15, 0.2) is 11.6 Å². The third-order valence-corrected chi connectivity index (χ3v) is 5.73.